The van der Waals surface area contributed by atoms with Crippen molar-refractivity contribution < 1.29 is 0 Å². The van der Waals surface area contributed by atoms with Crippen LogP contribution in [0.15, 0.2) is 36.4 Å². The van der Waals surface area contributed by atoms with Gasteiger partial charge in [0.1, 0.15) is 0 Å². The molecule has 1 N–H and O–H groups in total. The maximum atomic E-state index is 3.38. The Labute approximate surface area is 98.0 Å². The highest BCUT2D eigenvalue weighted by Gasteiger charge is 2.08. The predicted molar refractivity (Wildman–Crippen MR) is 68.3 cm³/mol. The Hall–Kier alpha value is -0.790. The second-order valence-electron chi connectivity index (χ2n) is 3.86. The molecule has 1 aliphatic heterocycles. The van der Waals surface area contributed by atoms with Gasteiger partial charge in [0.2, 0.25) is 0 Å². The number of hydrogen-bond acceptors (Lipinski definition) is 1. The predicted octanol–water partition coefficient (Wildman–Crippen LogP) is 3.12. The molecule has 1 aromatic carbocycles. The molecule has 0 spiro atoms. The molecule has 0 aliphatic carbocycles. The van der Waals surface area contributed by atoms with Crippen molar-refractivity contribution in [2.45, 2.75) is 12.8 Å². The fraction of sp³-hybridized carbons (Fsp3) is 0.385. The van der Waals surface area contributed by atoms with Crippen LogP contribution in [-0.4, -0.2) is 13.1 Å². The van der Waals surface area contributed by atoms with Crippen LogP contribution in [0.4, 0.5) is 0 Å². The van der Waals surface area contributed by atoms with Crippen molar-refractivity contribution in [3.8, 4) is 0 Å². The zero-order valence-electron chi connectivity index (χ0n) is 8.86. The van der Waals surface area contributed by atoms with Crippen LogP contribution in [0.25, 0.3) is 6.08 Å². The lowest BCUT2D eigenvalue weighted by atomic mass is 9.97. The summed E-state index contributed by atoms with van der Waals surface area (Å²) in [5, 5.41) is 3.38. The number of hydrogen-bond donors (Lipinski definition) is 1. The van der Waals surface area contributed by atoms with Gasteiger partial charge in [0, 0.05) is 0 Å². The molecule has 0 unspecified atom stereocenters. The first-order chi connectivity index (χ1) is 6.95. The number of allylic oxidation sites excluding steroid dienone is 1. The van der Waals surface area contributed by atoms with Crippen molar-refractivity contribution in [2.24, 2.45) is 5.92 Å². The third-order valence-corrected chi connectivity index (χ3v) is 2.74. The molecule has 82 valence electrons. The van der Waals surface area contributed by atoms with Crippen LogP contribution < -0.4 is 5.32 Å². The van der Waals surface area contributed by atoms with E-state index in [1.54, 1.807) is 0 Å². The molecule has 1 heterocycles. The lowest BCUT2D eigenvalue weighted by molar-refractivity contribution is 0.438. The normalized spacial score (nSPS) is 17.6. The first kappa shape index (κ1) is 12.3. The summed E-state index contributed by atoms with van der Waals surface area (Å²) in [6.07, 6.45) is 7.17. The van der Waals surface area contributed by atoms with Crippen LogP contribution >= 0.6 is 12.4 Å². The van der Waals surface area contributed by atoms with Crippen LogP contribution in [0.1, 0.15) is 18.4 Å². The molecule has 1 aliphatic rings. The van der Waals surface area contributed by atoms with Gasteiger partial charge in [0.15, 0.2) is 0 Å². The van der Waals surface area contributed by atoms with E-state index >= 15 is 0 Å². The molecule has 1 saturated heterocycles. The molecule has 0 atom stereocenters. The van der Waals surface area contributed by atoms with E-state index in [9.17, 15) is 0 Å². The van der Waals surface area contributed by atoms with Gasteiger partial charge in [-0.1, -0.05) is 42.5 Å². The molecule has 0 aromatic heterocycles. The third-order valence-electron chi connectivity index (χ3n) is 2.74. The highest BCUT2D eigenvalue weighted by atomic mass is 35.5. The molecule has 2 rings (SSSR count). The highest BCUT2D eigenvalue weighted by Crippen LogP contribution is 2.14. The second-order valence-corrected chi connectivity index (χ2v) is 3.86. The summed E-state index contributed by atoms with van der Waals surface area (Å²) in [5.41, 5.74) is 1.31. The monoisotopic (exact) mass is 223 g/mol. The summed E-state index contributed by atoms with van der Waals surface area (Å²) in [7, 11) is 0. The van der Waals surface area contributed by atoms with Crippen molar-refractivity contribution in [3.05, 3.63) is 42.0 Å². The maximum absolute atomic E-state index is 3.38. The van der Waals surface area contributed by atoms with Crippen LogP contribution in [0, 0.1) is 5.92 Å². The van der Waals surface area contributed by atoms with Gasteiger partial charge >= 0.3 is 0 Å². The van der Waals surface area contributed by atoms with Gasteiger partial charge in [0.25, 0.3) is 0 Å². The van der Waals surface area contributed by atoms with Gasteiger partial charge in [0.05, 0.1) is 0 Å². The van der Waals surface area contributed by atoms with E-state index in [-0.39, 0.29) is 12.4 Å². The van der Waals surface area contributed by atoms with Crippen LogP contribution in [-0.2, 0) is 0 Å². The fourth-order valence-corrected chi connectivity index (χ4v) is 1.85. The average molecular weight is 224 g/mol. The summed E-state index contributed by atoms with van der Waals surface area (Å²) in [6, 6.07) is 10.5. The standard InChI is InChI=1S/C13H17N.ClH/c1-2-4-12(5-3-1)6-7-13-8-10-14-11-9-13;/h1-7,13-14H,8-11H2;1H. The molecule has 1 fully saturated rings. The Kier molecular flexibility index (Phi) is 5.44. The van der Waals surface area contributed by atoms with Crippen molar-refractivity contribution in [3.63, 3.8) is 0 Å². The molecule has 0 radical (unpaired) electrons. The quantitative estimate of drug-likeness (QED) is 0.813. The van der Waals surface area contributed by atoms with Crippen molar-refractivity contribution in [1.82, 2.24) is 5.32 Å². The number of halogens is 1. The smallest absolute Gasteiger partial charge is 0.00433 e. The first-order valence-electron chi connectivity index (χ1n) is 5.39. The zero-order valence-corrected chi connectivity index (χ0v) is 9.67. The molecule has 15 heavy (non-hydrogen) atoms. The highest BCUT2D eigenvalue weighted by molar-refractivity contribution is 5.85. The largest absolute Gasteiger partial charge is 0.317 e. The fourth-order valence-electron chi connectivity index (χ4n) is 1.85. The minimum absolute atomic E-state index is 0. The van der Waals surface area contributed by atoms with Gasteiger partial charge in [-0.2, -0.15) is 0 Å². The van der Waals surface area contributed by atoms with E-state index in [2.05, 4.69) is 47.8 Å². The molecule has 0 amide bonds. The van der Waals surface area contributed by atoms with Crippen molar-refractivity contribution >= 4 is 18.5 Å². The summed E-state index contributed by atoms with van der Waals surface area (Å²) >= 11 is 0. The number of nitrogens with one attached hydrogen (secondary N) is 1. The number of benzene rings is 1. The molecule has 1 nitrogen and oxygen atoms in total. The van der Waals surface area contributed by atoms with Crippen LogP contribution in [0.2, 0.25) is 0 Å². The Bertz CT molecular complexity index is 289. The summed E-state index contributed by atoms with van der Waals surface area (Å²) in [4.78, 5) is 0. The summed E-state index contributed by atoms with van der Waals surface area (Å²) in [6.45, 7) is 2.34. The maximum Gasteiger partial charge on any atom is -0.00433 e. The van der Waals surface area contributed by atoms with Crippen molar-refractivity contribution in [1.29, 1.82) is 0 Å². The molecular formula is C13H18ClN. The molecule has 0 bridgehead atoms. The van der Waals surface area contributed by atoms with Gasteiger partial charge in [-0.3, -0.25) is 0 Å². The van der Waals surface area contributed by atoms with Gasteiger partial charge in [-0.05, 0) is 37.4 Å². The SMILES string of the molecule is C(=CC1CCNCC1)c1ccccc1.Cl. The third kappa shape index (κ3) is 4.06. The first-order valence-corrected chi connectivity index (χ1v) is 5.39. The summed E-state index contributed by atoms with van der Waals surface area (Å²) < 4.78 is 0. The van der Waals surface area contributed by atoms with Crippen LogP contribution in [0.3, 0.4) is 0 Å². The lowest BCUT2D eigenvalue weighted by Crippen LogP contribution is -2.26. The average Bonchev–Trinajstić information content (AvgIpc) is 2.29. The van der Waals surface area contributed by atoms with Crippen LogP contribution in [0.5, 0.6) is 0 Å². The Morgan fingerprint density at radius 2 is 1.73 bits per heavy atom. The van der Waals surface area contributed by atoms with E-state index in [0.29, 0.717) is 0 Å². The molecule has 2 heteroatoms. The van der Waals surface area contributed by atoms with E-state index < -0.39 is 0 Å². The topological polar surface area (TPSA) is 12.0 Å². The Balaban J connectivity index is 0.00000112. The Morgan fingerprint density at radius 1 is 1.07 bits per heavy atom. The van der Waals surface area contributed by atoms with Crippen molar-refractivity contribution in [2.75, 3.05) is 13.1 Å². The Morgan fingerprint density at radius 3 is 2.40 bits per heavy atom. The molecule has 1 aromatic rings. The minimum atomic E-state index is 0. The molecular weight excluding hydrogens is 206 g/mol. The summed E-state index contributed by atoms with van der Waals surface area (Å²) in [5.74, 6) is 0.774. The second kappa shape index (κ2) is 6.65. The van der Waals surface area contributed by atoms with Gasteiger partial charge in [-0.15, -0.1) is 12.4 Å². The lowest BCUT2D eigenvalue weighted by Gasteiger charge is -2.19. The van der Waals surface area contributed by atoms with E-state index in [4.69, 9.17) is 0 Å². The molecule has 0 saturated carbocycles. The van der Waals surface area contributed by atoms with Gasteiger partial charge in [-0.25, -0.2) is 0 Å². The van der Waals surface area contributed by atoms with E-state index in [1.165, 1.54) is 31.5 Å². The zero-order chi connectivity index (χ0) is 9.64. The number of rotatable bonds is 2. The van der Waals surface area contributed by atoms with Gasteiger partial charge < -0.3 is 5.32 Å². The van der Waals surface area contributed by atoms with E-state index in [0.717, 1.165) is 5.92 Å². The van der Waals surface area contributed by atoms with E-state index in [1.807, 2.05) is 0 Å². The number of piperidine rings is 1. The minimum Gasteiger partial charge on any atom is -0.317 e.